The van der Waals surface area contributed by atoms with Gasteiger partial charge in [-0.1, -0.05) is 118 Å². The first-order valence-electron chi connectivity index (χ1n) is 26.3. The molecule has 1 unspecified atom stereocenters. The molecule has 2 N–H and O–H groups in total. The Bertz CT molecular complexity index is 2960. The van der Waals surface area contributed by atoms with Gasteiger partial charge in [-0.3, -0.25) is 9.36 Å². The summed E-state index contributed by atoms with van der Waals surface area (Å²) in [6, 6.07) is 42.6. The molecule has 17 nitrogen and oxygen atoms in total. The summed E-state index contributed by atoms with van der Waals surface area (Å²) in [5, 5.41) is 5.79. The lowest BCUT2D eigenvalue weighted by Crippen LogP contribution is -2.40. The number of carbonyl (C=O) groups is 2. The quantitative estimate of drug-likeness (QED) is 0.0431. The number of benzene rings is 5. The fourth-order valence-electron chi connectivity index (χ4n) is 9.36. The number of aromatic nitrogens is 4. The summed E-state index contributed by atoms with van der Waals surface area (Å²) in [5.74, 6) is 1.77. The van der Waals surface area contributed by atoms with Crippen molar-refractivity contribution in [2.75, 3.05) is 39.4 Å². The van der Waals surface area contributed by atoms with Crippen LogP contribution >= 0.6 is 8.53 Å². The molecule has 1 saturated heterocycles. The van der Waals surface area contributed by atoms with Crippen LogP contribution in [0.5, 0.6) is 17.2 Å². The van der Waals surface area contributed by atoms with E-state index in [0.717, 1.165) is 27.8 Å². The zero-order valence-electron chi connectivity index (χ0n) is 46.1. The van der Waals surface area contributed by atoms with E-state index in [-0.39, 0.29) is 49.7 Å². The van der Waals surface area contributed by atoms with Crippen LogP contribution in [0.15, 0.2) is 146 Å². The average Bonchev–Trinajstić information content (AvgIpc) is 4.13. The van der Waals surface area contributed by atoms with Crippen molar-refractivity contribution < 1.29 is 47.1 Å². The Morgan fingerprint density at radius 1 is 0.744 bits per heavy atom. The highest BCUT2D eigenvalue weighted by Crippen LogP contribution is 2.51. The van der Waals surface area contributed by atoms with Crippen molar-refractivity contribution in [3.8, 4) is 17.2 Å². The number of hydrogen-bond acceptors (Lipinski definition) is 14. The highest BCUT2D eigenvalue weighted by Gasteiger charge is 2.45. The molecule has 412 valence electrons. The molecule has 78 heavy (non-hydrogen) atoms. The molecule has 2 aromatic heterocycles. The molecule has 18 heteroatoms. The summed E-state index contributed by atoms with van der Waals surface area (Å²) in [7, 11) is 1.47. The predicted molar refractivity (Wildman–Crippen MR) is 300 cm³/mol. The number of methoxy groups -OCH3 is 2. The molecule has 3 heterocycles. The number of ether oxygens (including phenoxy) is 6. The maximum absolute atomic E-state index is 13.4. The summed E-state index contributed by atoms with van der Waals surface area (Å²) in [4.78, 5) is 40.2. The van der Waals surface area contributed by atoms with E-state index in [9.17, 15) is 9.59 Å². The van der Waals surface area contributed by atoms with Crippen molar-refractivity contribution >= 4 is 37.5 Å². The molecule has 0 saturated carbocycles. The minimum Gasteiger partial charge on any atom is -0.497 e. The number of hydrogen-bond donors (Lipinski definition) is 2. The van der Waals surface area contributed by atoms with E-state index < -0.39 is 50.6 Å². The molecule has 8 rings (SSSR count). The van der Waals surface area contributed by atoms with Gasteiger partial charge < -0.3 is 48.1 Å². The zero-order chi connectivity index (χ0) is 55.4. The van der Waals surface area contributed by atoms with E-state index in [2.05, 4.69) is 73.7 Å². The number of amides is 2. The fourth-order valence-corrected chi connectivity index (χ4v) is 11.2. The van der Waals surface area contributed by atoms with Crippen molar-refractivity contribution in [2.45, 2.75) is 116 Å². The SMILES string of the molecule is COc1ccc(C(OC[C@H]2O[C@@H](n3cnc4c(NC(=O)COc5ccc(C(C)(C)C)cc5)ncnc43)C[C@@H]2OP(OC[C@H](C)NC(=O)OCc2ccccc2)N(C(C)C)C(C)C)(c2ccccc2)c2ccc(OC)cc2)cc1. The second kappa shape index (κ2) is 26.1. The van der Waals surface area contributed by atoms with Crippen LogP contribution in [-0.4, -0.2) is 101 Å². The van der Waals surface area contributed by atoms with E-state index in [1.165, 1.54) is 6.33 Å². The van der Waals surface area contributed by atoms with Crippen LogP contribution in [0, 0.1) is 0 Å². The van der Waals surface area contributed by atoms with Crippen LogP contribution in [0.25, 0.3) is 11.2 Å². The van der Waals surface area contributed by atoms with Gasteiger partial charge in [-0.2, -0.15) is 0 Å². The van der Waals surface area contributed by atoms with Gasteiger partial charge in [0.05, 0.1) is 45.9 Å². The number of imidazole rings is 1. The van der Waals surface area contributed by atoms with Crippen molar-refractivity contribution in [3.05, 3.63) is 174 Å². The third-order valence-electron chi connectivity index (χ3n) is 13.3. The normalized spacial score (nSPS) is 16.6. The van der Waals surface area contributed by atoms with Gasteiger partial charge in [-0.25, -0.2) is 24.4 Å². The second-order valence-electron chi connectivity index (χ2n) is 20.7. The summed E-state index contributed by atoms with van der Waals surface area (Å²) in [6.07, 6.45) is 0.764. The molecule has 1 aliphatic rings. The molecule has 1 aliphatic heterocycles. The molecule has 0 spiro atoms. The van der Waals surface area contributed by atoms with Gasteiger partial charge in [0.15, 0.2) is 23.6 Å². The lowest BCUT2D eigenvalue weighted by molar-refractivity contribution is -0.118. The minimum atomic E-state index is -1.81. The monoisotopic (exact) mass is 1080 g/mol. The maximum atomic E-state index is 13.4. The first-order valence-corrected chi connectivity index (χ1v) is 27.4. The Kier molecular flexibility index (Phi) is 19.2. The van der Waals surface area contributed by atoms with Crippen LogP contribution in [0.4, 0.5) is 10.6 Å². The van der Waals surface area contributed by atoms with Gasteiger partial charge in [-0.05, 0) is 104 Å². The van der Waals surface area contributed by atoms with Gasteiger partial charge in [0.2, 0.25) is 0 Å². The molecular formula is C60H72N7O10P. The number of carbonyl (C=O) groups excluding carboxylic acids is 2. The summed E-state index contributed by atoms with van der Waals surface area (Å²) in [6.45, 7) is 16.7. The van der Waals surface area contributed by atoms with Crippen molar-refractivity contribution in [2.24, 2.45) is 0 Å². The number of anilines is 1. The van der Waals surface area contributed by atoms with E-state index in [4.69, 9.17) is 42.5 Å². The Balaban J connectivity index is 1.10. The smallest absolute Gasteiger partial charge is 0.407 e. The number of nitrogens with zero attached hydrogens (tertiary/aromatic N) is 5. The number of nitrogens with one attached hydrogen (secondary N) is 2. The third-order valence-corrected chi connectivity index (χ3v) is 15.4. The van der Waals surface area contributed by atoms with Crippen molar-refractivity contribution in [1.82, 2.24) is 29.5 Å². The molecule has 5 aromatic carbocycles. The molecule has 0 bridgehead atoms. The van der Waals surface area contributed by atoms with Crippen LogP contribution in [0.3, 0.4) is 0 Å². The Hall–Kier alpha value is -6.98. The van der Waals surface area contributed by atoms with Gasteiger partial charge in [-0.15, -0.1) is 0 Å². The minimum absolute atomic E-state index is 0.00116. The number of fused-ring (bicyclic) bond motifs is 1. The molecule has 5 atom stereocenters. The molecule has 0 aliphatic carbocycles. The Morgan fingerprint density at radius 2 is 1.32 bits per heavy atom. The average molecular weight is 1080 g/mol. The standard InChI is InChI=1S/C60H72N7O10P/c1-40(2)67(41(3)4)78(75-34-42(5)64-58(69)73-35-43-17-13-11-14-18-43)77-51-33-54(66-39-63-55-56(61-38-62-57(55)66)65-53(68)37-72-50-31-21-44(22-32-50)59(6,7)8)76-52(51)36-74-60(45-19-15-12-16-20-45,46-23-27-48(70-9)28-24-46)47-25-29-49(71-10)30-26-47/h11-32,38-42,51-52,54H,33-37H2,1-10H3,(H,64,69)(H,61,62,65,68)/t42-,51-,52+,54+,78?/m0/s1. The van der Waals surface area contributed by atoms with Crippen LogP contribution in [-0.2, 0) is 45.7 Å². The maximum Gasteiger partial charge on any atom is 0.407 e. The van der Waals surface area contributed by atoms with E-state index in [1.807, 2.05) is 145 Å². The van der Waals surface area contributed by atoms with Gasteiger partial charge >= 0.3 is 6.09 Å². The first kappa shape index (κ1) is 57.2. The third kappa shape index (κ3) is 14.0. The fraction of sp³-hybridized carbons (Fsp3) is 0.383. The van der Waals surface area contributed by atoms with E-state index >= 15 is 0 Å². The molecule has 1 fully saturated rings. The Labute approximate surface area is 458 Å². The van der Waals surface area contributed by atoms with Gasteiger partial charge in [0, 0.05) is 18.5 Å². The van der Waals surface area contributed by atoms with E-state index in [0.29, 0.717) is 34.8 Å². The zero-order valence-corrected chi connectivity index (χ0v) is 47.0. The predicted octanol–water partition coefficient (Wildman–Crippen LogP) is 11.5. The van der Waals surface area contributed by atoms with E-state index in [1.54, 1.807) is 20.5 Å². The highest BCUT2D eigenvalue weighted by molar-refractivity contribution is 7.44. The highest BCUT2D eigenvalue weighted by atomic mass is 31.2. The second-order valence-corrected chi connectivity index (χ2v) is 22.1. The van der Waals surface area contributed by atoms with Crippen molar-refractivity contribution in [1.29, 1.82) is 0 Å². The van der Waals surface area contributed by atoms with Gasteiger partial charge in [0.25, 0.3) is 14.4 Å². The first-order chi connectivity index (χ1) is 37.6. The van der Waals surface area contributed by atoms with Crippen molar-refractivity contribution in [3.63, 3.8) is 0 Å². The lowest BCUT2D eigenvalue weighted by atomic mass is 9.80. The van der Waals surface area contributed by atoms with Crippen LogP contribution < -0.4 is 24.8 Å². The van der Waals surface area contributed by atoms with Crippen LogP contribution in [0.1, 0.15) is 95.9 Å². The lowest BCUT2D eigenvalue weighted by Gasteiger charge is -2.39. The van der Waals surface area contributed by atoms with Gasteiger partial charge in [0.1, 0.15) is 48.1 Å². The largest absolute Gasteiger partial charge is 0.497 e. The molecule has 2 amide bonds. The molecule has 7 aromatic rings. The summed E-state index contributed by atoms with van der Waals surface area (Å²) < 4.78 is 55.3. The Morgan fingerprint density at radius 3 is 1.91 bits per heavy atom. The topological polar surface area (TPSA) is 179 Å². The molecular weight excluding hydrogens is 1010 g/mol. The number of alkyl carbamates (subject to hydrolysis) is 1. The summed E-state index contributed by atoms with van der Waals surface area (Å²) >= 11 is 0. The van der Waals surface area contributed by atoms with Crippen LogP contribution in [0.2, 0.25) is 0 Å². The molecule has 0 radical (unpaired) electrons. The summed E-state index contributed by atoms with van der Waals surface area (Å²) in [5.41, 5.74) is 4.22. The number of rotatable bonds is 24.